The Hall–Kier alpha value is -1.44. The minimum Gasteiger partial charge on any atom is -0.356 e. The fourth-order valence-electron chi connectivity index (χ4n) is 7.08. The molecule has 0 amide bonds. The molecule has 1 atom stereocenters. The van der Waals surface area contributed by atoms with Gasteiger partial charge in [-0.3, -0.25) is 0 Å². The molecule has 1 aromatic carbocycles. The number of rotatable bonds is 32. The van der Waals surface area contributed by atoms with Crippen molar-refractivity contribution in [3.05, 3.63) is 48.3 Å². The lowest BCUT2D eigenvalue weighted by Crippen LogP contribution is -2.38. The largest absolute Gasteiger partial charge is 0.356 e. The zero-order chi connectivity index (χ0) is 31.2. The molecule has 0 saturated carbocycles. The molecular weight excluding hydrogens is 532 g/mol. The summed E-state index contributed by atoms with van der Waals surface area (Å²) < 4.78 is 0. The zero-order valence-electron chi connectivity index (χ0n) is 29.9. The second-order valence-corrected chi connectivity index (χ2v) is 14.2. The van der Waals surface area contributed by atoms with Crippen LogP contribution in [0.15, 0.2) is 42.7 Å². The van der Waals surface area contributed by atoms with E-state index in [9.17, 15) is 0 Å². The van der Waals surface area contributed by atoms with Gasteiger partial charge in [0.05, 0.1) is 0 Å². The highest BCUT2D eigenvalue weighted by Crippen LogP contribution is 2.25. The van der Waals surface area contributed by atoms with Gasteiger partial charge in [-0.15, -0.1) is 0 Å². The number of hydrogen-bond acceptors (Lipinski definition) is 2. The lowest BCUT2D eigenvalue weighted by Gasteiger charge is -2.33. The van der Waals surface area contributed by atoms with Crippen LogP contribution in [0.4, 0.5) is 0 Å². The maximum atomic E-state index is 2.67. The van der Waals surface area contributed by atoms with Gasteiger partial charge in [0.2, 0.25) is 0 Å². The van der Waals surface area contributed by atoms with E-state index in [0.29, 0.717) is 6.17 Å². The molecule has 44 heavy (non-hydrogen) atoms. The zero-order valence-corrected chi connectivity index (χ0v) is 29.9. The van der Waals surface area contributed by atoms with Gasteiger partial charge in [-0.1, -0.05) is 211 Å². The molecule has 1 aromatic rings. The van der Waals surface area contributed by atoms with Crippen LogP contribution in [0.5, 0.6) is 0 Å². The standard InChI is InChI=1S/C42H76N2/c1-3-5-7-9-11-13-15-17-19-21-23-25-27-32-36-42-43(38-39-44(42)40-41-34-30-29-31-35-41)37-33-28-26-24-22-20-18-16-14-12-10-8-6-4-2/h29-31,34-35,38-39,42H,3-28,32-33,36-37,40H2,1-2H3. The summed E-state index contributed by atoms with van der Waals surface area (Å²) in [6, 6.07) is 11.1. The highest BCUT2D eigenvalue weighted by molar-refractivity contribution is 5.16. The Balaban J connectivity index is 1.53. The van der Waals surface area contributed by atoms with Crippen LogP contribution < -0.4 is 0 Å². The quantitative estimate of drug-likeness (QED) is 0.0751. The summed E-state index contributed by atoms with van der Waals surface area (Å²) >= 11 is 0. The van der Waals surface area contributed by atoms with Crippen molar-refractivity contribution in [2.45, 2.75) is 213 Å². The van der Waals surface area contributed by atoms with Crippen molar-refractivity contribution in [3.63, 3.8) is 0 Å². The number of nitrogens with zero attached hydrogens (tertiary/aromatic N) is 2. The van der Waals surface area contributed by atoms with E-state index < -0.39 is 0 Å². The summed E-state index contributed by atoms with van der Waals surface area (Å²) in [7, 11) is 0. The Kier molecular flexibility index (Phi) is 25.5. The predicted octanol–water partition coefficient (Wildman–Crippen LogP) is 14.0. The van der Waals surface area contributed by atoms with Crippen LogP contribution in [0, 0.1) is 0 Å². The second-order valence-electron chi connectivity index (χ2n) is 14.2. The van der Waals surface area contributed by atoms with Gasteiger partial charge in [0.25, 0.3) is 0 Å². The first-order valence-corrected chi connectivity index (χ1v) is 20.1. The lowest BCUT2D eigenvalue weighted by molar-refractivity contribution is 0.132. The normalized spacial score (nSPS) is 14.7. The van der Waals surface area contributed by atoms with Crippen LogP contribution >= 0.6 is 0 Å². The Morgan fingerprint density at radius 3 is 1.20 bits per heavy atom. The molecule has 1 unspecified atom stereocenters. The minimum atomic E-state index is 0.550. The molecule has 254 valence electrons. The minimum absolute atomic E-state index is 0.550. The van der Waals surface area contributed by atoms with Crippen LogP contribution in [0.25, 0.3) is 0 Å². The Morgan fingerprint density at radius 1 is 0.409 bits per heavy atom. The van der Waals surface area contributed by atoms with E-state index in [2.05, 4.69) is 66.4 Å². The summed E-state index contributed by atoms with van der Waals surface area (Å²) in [5, 5.41) is 0. The SMILES string of the molecule is CCCCCCCCCCCCCCCCC1N(CCCCCCCCCCCCCCCC)C=CN1Cc1ccccc1. The van der Waals surface area contributed by atoms with Gasteiger partial charge in [-0.25, -0.2) is 0 Å². The van der Waals surface area contributed by atoms with Gasteiger partial charge < -0.3 is 9.80 Å². The Labute approximate surface area is 276 Å². The van der Waals surface area contributed by atoms with Crippen LogP contribution in [-0.2, 0) is 6.54 Å². The molecule has 2 nitrogen and oxygen atoms in total. The molecule has 1 heterocycles. The van der Waals surface area contributed by atoms with E-state index in [0.717, 1.165) is 6.54 Å². The summed E-state index contributed by atoms with van der Waals surface area (Å²) in [5.74, 6) is 0. The van der Waals surface area contributed by atoms with Crippen molar-refractivity contribution < 1.29 is 0 Å². The smallest absolute Gasteiger partial charge is 0.101 e. The van der Waals surface area contributed by atoms with Gasteiger partial charge in [-0.05, 0) is 24.8 Å². The third kappa shape index (κ3) is 20.6. The van der Waals surface area contributed by atoms with E-state index in [1.807, 2.05) is 0 Å². The Morgan fingerprint density at radius 2 is 0.773 bits per heavy atom. The molecule has 2 heteroatoms. The molecule has 0 fully saturated rings. The highest BCUT2D eigenvalue weighted by Gasteiger charge is 2.25. The fourth-order valence-corrected chi connectivity index (χ4v) is 7.08. The molecule has 1 aliphatic rings. The molecule has 0 N–H and O–H groups in total. The maximum absolute atomic E-state index is 2.67. The first-order valence-electron chi connectivity index (χ1n) is 20.1. The summed E-state index contributed by atoms with van der Waals surface area (Å²) in [6.45, 7) is 6.88. The average molecular weight is 609 g/mol. The topological polar surface area (TPSA) is 6.48 Å². The first kappa shape index (κ1) is 38.7. The Bertz CT molecular complexity index is 743. The number of benzene rings is 1. The fraction of sp³-hybridized carbons (Fsp3) is 0.810. The van der Waals surface area contributed by atoms with E-state index in [1.54, 1.807) is 0 Å². The van der Waals surface area contributed by atoms with Gasteiger partial charge in [0, 0.05) is 25.5 Å². The summed E-state index contributed by atoms with van der Waals surface area (Å²) in [6.07, 6.45) is 46.8. The molecule has 0 spiro atoms. The molecule has 2 rings (SSSR count). The maximum Gasteiger partial charge on any atom is 0.101 e. The van der Waals surface area contributed by atoms with Crippen molar-refractivity contribution in [1.82, 2.24) is 9.80 Å². The molecular formula is C42H76N2. The van der Waals surface area contributed by atoms with Gasteiger partial charge in [0.1, 0.15) is 6.17 Å². The molecule has 0 saturated heterocycles. The molecule has 0 bridgehead atoms. The van der Waals surface area contributed by atoms with Crippen LogP contribution in [0.1, 0.15) is 206 Å². The number of unbranched alkanes of at least 4 members (excludes halogenated alkanes) is 26. The molecule has 0 radical (unpaired) electrons. The third-order valence-electron chi connectivity index (χ3n) is 10.0. The molecule has 0 aromatic heterocycles. The summed E-state index contributed by atoms with van der Waals surface area (Å²) in [4.78, 5) is 5.28. The van der Waals surface area contributed by atoms with Gasteiger partial charge in [-0.2, -0.15) is 0 Å². The van der Waals surface area contributed by atoms with E-state index >= 15 is 0 Å². The number of hydrogen-bond donors (Lipinski definition) is 0. The first-order chi connectivity index (χ1) is 21.8. The lowest BCUT2D eigenvalue weighted by atomic mass is 10.0. The van der Waals surface area contributed by atoms with E-state index in [-0.39, 0.29) is 0 Å². The van der Waals surface area contributed by atoms with Gasteiger partial charge in [0.15, 0.2) is 0 Å². The predicted molar refractivity (Wildman–Crippen MR) is 197 cm³/mol. The van der Waals surface area contributed by atoms with Crippen molar-refractivity contribution in [3.8, 4) is 0 Å². The van der Waals surface area contributed by atoms with Crippen molar-refractivity contribution in [1.29, 1.82) is 0 Å². The second kappa shape index (κ2) is 29.0. The molecule has 0 aliphatic carbocycles. The van der Waals surface area contributed by atoms with Crippen molar-refractivity contribution in [2.24, 2.45) is 0 Å². The van der Waals surface area contributed by atoms with Gasteiger partial charge >= 0.3 is 0 Å². The van der Waals surface area contributed by atoms with Crippen molar-refractivity contribution in [2.75, 3.05) is 6.54 Å². The van der Waals surface area contributed by atoms with Crippen LogP contribution in [0.2, 0.25) is 0 Å². The average Bonchev–Trinajstić information content (AvgIpc) is 3.42. The summed E-state index contributed by atoms with van der Waals surface area (Å²) in [5.41, 5.74) is 1.43. The van der Waals surface area contributed by atoms with E-state index in [4.69, 9.17) is 0 Å². The van der Waals surface area contributed by atoms with Crippen molar-refractivity contribution >= 4 is 0 Å². The van der Waals surface area contributed by atoms with Crippen LogP contribution in [0.3, 0.4) is 0 Å². The monoisotopic (exact) mass is 609 g/mol. The highest BCUT2D eigenvalue weighted by atomic mass is 15.4. The van der Waals surface area contributed by atoms with Crippen LogP contribution in [-0.4, -0.2) is 22.5 Å². The third-order valence-corrected chi connectivity index (χ3v) is 10.0. The molecule has 1 aliphatic heterocycles. The van der Waals surface area contributed by atoms with E-state index in [1.165, 1.54) is 198 Å².